The third-order valence-corrected chi connectivity index (χ3v) is 3.80. The first kappa shape index (κ1) is 23.7. The zero-order valence-corrected chi connectivity index (χ0v) is 16.5. The lowest BCUT2D eigenvalue weighted by atomic mass is 10.1. The molecule has 1 N–H and O–H groups in total. The summed E-state index contributed by atoms with van der Waals surface area (Å²) < 4.78 is 44.1. The van der Waals surface area contributed by atoms with Gasteiger partial charge in [0.05, 0.1) is 10.5 Å². The highest BCUT2D eigenvalue weighted by molar-refractivity contribution is 5.59. The van der Waals surface area contributed by atoms with E-state index in [4.69, 9.17) is 0 Å². The van der Waals surface area contributed by atoms with E-state index in [1.807, 2.05) is 34.6 Å². The third-order valence-electron chi connectivity index (χ3n) is 3.80. The van der Waals surface area contributed by atoms with E-state index in [0.29, 0.717) is 25.6 Å². The molecule has 1 aromatic rings. The molecule has 0 radical (unpaired) electrons. The number of carbonyl (C=O) groups is 1. The van der Waals surface area contributed by atoms with Gasteiger partial charge in [-0.1, -0.05) is 0 Å². The van der Waals surface area contributed by atoms with Crippen molar-refractivity contribution in [3.63, 3.8) is 0 Å². The van der Waals surface area contributed by atoms with Gasteiger partial charge < -0.3 is 15.0 Å². The van der Waals surface area contributed by atoms with Crippen molar-refractivity contribution < 1.29 is 27.6 Å². The summed E-state index contributed by atoms with van der Waals surface area (Å²) in [7, 11) is 0. The molecule has 0 bridgehead atoms. The van der Waals surface area contributed by atoms with Crippen LogP contribution in [0.15, 0.2) is 18.2 Å². The Bertz CT molecular complexity index is 680. The molecule has 1 aromatic carbocycles. The van der Waals surface area contributed by atoms with Crippen LogP contribution >= 0.6 is 0 Å². The Morgan fingerprint density at radius 3 is 2.11 bits per heavy atom. The fourth-order valence-electron chi connectivity index (χ4n) is 2.81. The number of nitrogens with one attached hydrogen (secondary N) is 1. The molecule has 7 nitrogen and oxygen atoms in total. The largest absolute Gasteiger partial charge is 0.462 e. The number of nitro benzene ring substituents is 1. The zero-order chi connectivity index (χ0) is 21.7. The minimum atomic E-state index is -4.63. The second-order valence-corrected chi connectivity index (χ2v) is 7.66. The Labute approximate surface area is 162 Å². The number of benzene rings is 1. The SMILES string of the molecule is CC(C)(C)OC=O.C[C@@H]1CN(c2ccc([N+](=O)[O-])cc2C(F)(F)F)C[C@H](C)N1. The lowest BCUT2D eigenvalue weighted by molar-refractivity contribution is -0.385. The van der Waals surface area contributed by atoms with Crippen LogP contribution in [0.1, 0.15) is 40.2 Å². The number of piperazine rings is 1. The number of ether oxygens (including phenoxy) is 1. The molecule has 2 atom stereocenters. The first-order valence-electron chi connectivity index (χ1n) is 8.72. The standard InChI is InChI=1S/C13H16F3N3O2.C5H10O2/c1-8-6-18(7-9(2)17-8)12-4-3-10(19(20)21)5-11(12)13(14,15)16;1-5(2,3)7-4-6/h3-5,8-9,17H,6-7H2,1-2H3;4H,1-3H3/t8-,9+;. The first-order valence-corrected chi connectivity index (χ1v) is 8.72. The Morgan fingerprint density at radius 2 is 1.75 bits per heavy atom. The molecule has 0 amide bonds. The lowest BCUT2D eigenvalue weighted by Crippen LogP contribution is -2.54. The molecule has 0 aromatic heterocycles. The average molecular weight is 405 g/mol. The van der Waals surface area contributed by atoms with Gasteiger partial charge in [-0.15, -0.1) is 0 Å². The Balaban J connectivity index is 0.000000480. The summed E-state index contributed by atoms with van der Waals surface area (Å²) in [5.74, 6) is 0. The predicted octanol–water partition coefficient (Wildman–Crippen LogP) is 3.76. The number of anilines is 1. The topological polar surface area (TPSA) is 84.7 Å². The number of halogens is 3. The minimum Gasteiger partial charge on any atom is -0.462 e. The highest BCUT2D eigenvalue weighted by atomic mass is 19.4. The van der Waals surface area contributed by atoms with Crippen molar-refractivity contribution in [2.75, 3.05) is 18.0 Å². The highest BCUT2D eigenvalue weighted by Crippen LogP contribution is 2.39. The number of rotatable bonds is 3. The number of nitrogens with zero attached hydrogens (tertiary/aromatic N) is 2. The van der Waals surface area contributed by atoms with Crippen LogP contribution in [0, 0.1) is 10.1 Å². The number of hydrogen-bond acceptors (Lipinski definition) is 6. The van der Waals surface area contributed by atoms with Crippen LogP contribution in [-0.4, -0.2) is 42.2 Å². The van der Waals surface area contributed by atoms with Gasteiger partial charge in [0, 0.05) is 43.0 Å². The second-order valence-electron chi connectivity index (χ2n) is 7.66. The molecule has 10 heteroatoms. The smallest absolute Gasteiger partial charge is 0.418 e. The van der Waals surface area contributed by atoms with Gasteiger partial charge in [0.15, 0.2) is 0 Å². The summed E-state index contributed by atoms with van der Waals surface area (Å²) in [5.41, 5.74) is -1.84. The van der Waals surface area contributed by atoms with E-state index in [1.165, 1.54) is 6.07 Å². The summed E-state index contributed by atoms with van der Waals surface area (Å²) in [5, 5.41) is 13.9. The van der Waals surface area contributed by atoms with Crippen molar-refractivity contribution in [3.8, 4) is 0 Å². The average Bonchev–Trinajstić information content (AvgIpc) is 2.52. The van der Waals surface area contributed by atoms with Crippen LogP contribution in [0.4, 0.5) is 24.5 Å². The van der Waals surface area contributed by atoms with E-state index < -0.39 is 22.4 Å². The second kappa shape index (κ2) is 9.22. The number of nitro groups is 1. The van der Waals surface area contributed by atoms with Gasteiger partial charge >= 0.3 is 6.18 Å². The normalized spacial score (nSPS) is 20.1. The van der Waals surface area contributed by atoms with E-state index in [9.17, 15) is 28.1 Å². The zero-order valence-electron chi connectivity index (χ0n) is 16.5. The molecular formula is C18H26F3N3O4. The number of carbonyl (C=O) groups excluding carboxylic acids is 1. The summed E-state index contributed by atoms with van der Waals surface area (Å²) >= 11 is 0. The van der Waals surface area contributed by atoms with E-state index >= 15 is 0 Å². The van der Waals surface area contributed by atoms with E-state index in [-0.39, 0.29) is 23.4 Å². The highest BCUT2D eigenvalue weighted by Gasteiger charge is 2.37. The Morgan fingerprint density at radius 1 is 1.21 bits per heavy atom. The predicted molar refractivity (Wildman–Crippen MR) is 99.3 cm³/mol. The maximum atomic E-state index is 13.2. The van der Waals surface area contributed by atoms with Gasteiger partial charge in [-0.2, -0.15) is 13.2 Å². The Hall–Kier alpha value is -2.36. The van der Waals surface area contributed by atoms with Gasteiger partial charge in [0.2, 0.25) is 0 Å². The minimum absolute atomic E-state index is 0.00620. The summed E-state index contributed by atoms with van der Waals surface area (Å²) in [6.45, 7) is 10.5. The summed E-state index contributed by atoms with van der Waals surface area (Å²) in [4.78, 5) is 21.1. The molecular weight excluding hydrogens is 379 g/mol. The van der Waals surface area contributed by atoms with Crippen molar-refractivity contribution in [2.24, 2.45) is 0 Å². The van der Waals surface area contributed by atoms with Crippen molar-refractivity contribution in [1.82, 2.24) is 5.32 Å². The lowest BCUT2D eigenvalue weighted by Gasteiger charge is -2.38. The number of non-ortho nitro benzene ring substituents is 1. The van der Waals surface area contributed by atoms with Crippen LogP contribution in [0.2, 0.25) is 0 Å². The van der Waals surface area contributed by atoms with Gasteiger partial charge in [-0.05, 0) is 40.7 Å². The van der Waals surface area contributed by atoms with Gasteiger partial charge in [0.1, 0.15) is 5.60 Å². The third kappa shape index (κ3) is 7.34. The van der Waals surface area contributed by atoms with E-state index in [1.54, 1.807) is 4.90 Å². The van der Waals surface area contributed by atoms with Crippen LogP contribution in [-0.2, 0) is 15.7 Å². The van der Waals surface area contributed by atoms with Crippen LogP contribution in [0.5, 0.6) is 0 Å². The van der Waals surface area contributed by atoms with Crippen molar-refractivity contribution >= 4 is 17.8 Å². The molecule has 0 aliphatic carbocycles. The molecule has 1 aliphatic heterocycles. The quantitative estimate of drug-likeness (QED) is 0.468. The fraction of sp³-hybridized carbons (Fsp3) is 0.611. The van der Waals surface area contributed by atoms with Crippen LogP contribution in [0.25, 0.3) is 0 Å². The molecule has 1 fully saturated rings. The monoisotopic (exact) mass is 405 g/mol. The molecule has 0 unspecified atom stereocenters. The number of alkyl halides is 3. The maximum Gasteiger partial charge on any atom is 0.418 e. The summed E-state index contributed by atoms with van der Waals surface area (Å²) in [6, 6.07) is 3.00. The molecule has 0 saturated carbocycles. The molecule has 0 spiro atoms. The van der Waals surface area contributed by atoms with Crippen molar-refractivity contribution in [1.29, 1.82) is 0 Å². The van der Waals surface area contributed by atoms with E-state index in [2.05, 4.69) is 10.1 Å². The van der Waals surface area contributed by atoms with Gasteiger partial charge in [0.25, 0.3) is 12.2 Å². The summed E-state index contributed by atoms with van der Waals surface area (Å²) in [6.07, 6.45) is -4.63. The molecule has 1 aliphatic rings. The molecule has 1 saturated heterocycles. The first-order chi connectivity index (χ1) is 12.7. The molecule has 2 rings (SSSR count). The van der Waals surface area contributed by atoms with E-state index in [0.717, 1.165) is 6.07 Å². The van der Waals surface area contributed by atoms with Crippen molar-refractivity contribution in [3.05, 3.63) is 33.9 Å². The number of hydrogen-bond donors (Lipinski definition) is 1. The van der Waals surface area contributed by atoms with Gasteiger partial charge in [-0.3, -0.25) is 14.9 Å². The molecule has 28 heavy (non-hydrogen) atoms. The Kier molecular flexibility index (Phi) is 7.80. The van der Waals surface area contributed by atoms with Crippen molar-refractivity contribution in [2.45, 2.75) is 58.5 Å². The maximum absolute atomic E-state index is 13.2. The molecule has 158 valence electrons. The molecule has 1 heterocycles. The van der Waals surface area contributed by atoms with Gasteiger partial charge in [-0.25, -0.2) is 0 Å². The van der Waals surface area contributed by atoms with Crippen LogP contribution < -0.4 is 10.2 Å². The fourth-order valence-corrected chi connectivity index (χ4v) is 2.81. The van der Waals surface area contributed by atoms with Crippen LogP contribution in [0.3, 0.4) is 0 Å².